The Bertz CT molecular complexity index is 1380. The number of fused-ring (bicyclic) bond motifs is 1. The zero-order chi connectivity index (χ0) is 27.7. The van der Waals surface area contributed by atoms with Crippen molar-refractivity contribution in [2.75, 3.05) is 39.2 Å². The summed E-state index contributed by atoms with van der Waals surface area (Å²) in [4.78, 5) is 27.2. The number of ether oxygens (including phenoxy) is 3. The Morgan fingerprint density at radius 1 is 1.00 bits per heavy atom. The minimum atomic E-state index is -4.01. The maximum atomic E-state index is 10.8. The lowest BCUT2D eigenvalue weighted by Crippen LogP contribution is -2.40. The van der Waals surface area contributed by atoms with E-state index in [4.69, 9.17) is 39.7 Å². The Morgan fingerprint density at radius 3 is 2.54 bits per heavy atom. The Hall–Kier alpha value is -2.81. The highest BCUT2D eigenvalue weighted by atomic mass is 31.2. The molecule has 1 saturated carbocycles. The molecule has 2 atom stereocenters. The summed E-state index contributed by atoms with van der Waals surface area (Å²) in [7, 11) is -4.01. The van der Waals surface area contributed by atoms with E-state index in [1.807, 2.05) is 18.3 Å². The molecule has 0 saturated heterocycles. The molecule has 0 radical (unpaired) electrons. The SMILES string of the molecule is Cc1ccc2c(c1)N=C(N)C13CC21C=C(CCc1ccc(OCCOCCOCCP(=O)(O)O)cc1C)C=N3. The molecular weight excluding hydrogens is 517 g/mol. The van der Waals surface area contributed by atoms with Crippen molar-refractivity contribution in [1.82, 2.24) is 0 Å². The Labute approximate surface area is 229 Å². The summed E-state index contributed by atoms with van der Waals surface area (Å²) in [6.07, 6.45) is 6.77. The molecule has 4 N–H and O–H groups in total. The second kappa shape index (κ2) is 11.0. The highest BCUT2D eigenvalue weighted by Crippen LogP contribution is 2.67. The van der Waals surface area contributed by atoms with Crippen LogP contribution in [0.15, 0.2) is 58.0 Å². The minimum Gasteiger partial charge on any atom is -0.491 e. The highest BCUT2D eigenvalue weighted by molar-refractivity contribution is 7.51. The van der Waals surface area contributed by atoms with Crippen molar-refractivity contribution in [2.45, 2.75) is 44.1 Å². The first-order valence-corrected chi connectivity index (χ1v) is 15.1. The van der Waals surface area contributed by atoms with Crippen LogP contribution in [0, 0.1) is 13.8 Å². The number of dihydropyridines is 1. The molecule has 2 heterocycles. The number of aliphatic imine (C=N–C) groups is 2. The fourth-order valence-electron chi connectivity index (χ4n) is 5.53. The van der Waals surface area contributed by atoms with Crippen LogP contribution in [0.25, 0.3) is 0 Å². The average Bonchev–Trinajstić information content (AvgIpc) is 3.58. The second-order valence-corrected chi connectivity index (χ2v) is 12.3. The number of allylic oxidation sites excluding steroid dienone is 1. The summed E-state index contributed by atoms with van der Waals surface area (Å²) in [6, 6.07) is 12.6. The average molecular weight is 554 g/mol. The predicted molar refractivity (Wildman–Crippen MR) is 152 cm³/mol. The third kappa shape index (κ3) is 5.88. The maximum absolute atomic E-state index is 10.8. The van der Waals surface area contributed by atoms with Gasteiger partial charge in [0.1, 0.15) is 23.7 Å². The molecule has 9 nitrogen and oxygen atoms in total. The van der Waals surface area contributed by atoms with Gasteiger partial charge in [0.05, 0.1) is 43.7 Å². The van der Waals surface area contributed by atoms with E-state index in [0.29, 0.717) is 25.7 Å². The minimum absolute atomic E-state index is 0.0125. The first-order valence-electron chi connectivity index (χ1n) is 13.3. The Balaban J connectivity index is 1.09. The van der Waals surface area contributed by atoms with Gasteiger partial charge in [-0.1, -0.05) is 24.3 Å². The van der Waals surface area contributed by atoms with Crippen LogP contribution in [-0.2, 0) is 25.9 Å². The van der Waals surface area contributed by atoms with E-state index in [1.165, 1.54) is 27.8 Å². The van der Waals surface area contributed by atoms with E-state index >= 15 is 0 Å². The third-order valence-electron chi connectivity index (χ3n) is 7.72. The lowest BCUT2D eigenvalue weighted by atomic mass is 9.82. The number of hydrogen-bond acceptors (Lipinski definition) is 7. The Kier molecular flexibility index (Phi) is 7.82. The molecule has 1 fully saturated rings. The number of amidine groups is 1. The van der Waals surface area contributed by atoms with Gasteiger partial charge in [-0.05, 0) is 79.1 Å². The third-order valence-corrected chi connectivity index (χ3v) is 8.49. The van der Waals surface area contributed by atoms with Crippen molar-refractivity contribution in [3.8, 4) is 5.75 Å². The molecule has 39 heavy (non-hydrogen) atoms. The summed E-state index contributed by atoms with van der Waals surface area (Å²) >= 11 is 0. The first kappa shape index (κ1) is 27.7. The van der Waals surface area contributed by atoms with Gasteiger partial charge in [-0.2, -0.15) is 0 Å². The van der Waals surface area contributed by atoms with Crippen molar-refractivity contribution >= 4 is 25.3 Å². The standard InChI is InChI=1S/C29H36N3O6P/c1-20-3-8-25-26(15-20)32-27(30)29-19-28(25,29)17-22(18-31-29)4-5-23-6-7-24(16-21(23)2)38-12-11-36-9-10-37-13-14-39(33,34)35/h3,6-8,15-18H,4-5,9-14,19H2,1-2H3,(H2,30,32)(H2,33,34,35). The van der Waals surface area contributed by atoms with Crippen molar-refractivity contribution in [3.63, 3.8) is 0 Å². The largest absolute Gasteiger partial charge is 0.491 e. The zero-order valence-corrected chi connectivity index (χ0v) is 23.3. The molecule has 2 unspecified atom stereocenters. The van der Waals surface area contributed by atoms with Crippen LogP contribution in [0.2, 0.25) is 0 Å². The van der Waals surface area contributed by atoms with E-state index in [1.54, 1.807) is 0 Å². The van der Waals surface area contributed by atoms with Gasteiger partial charge < -0.3 is 29.7 Å². The van der Waals surface area contributed by atoms with Crippen LogP contribution in [0.5, 0.6) is 5.75 Å². The summed E-state index contributed by atoms with van der Waals surface area (Å²) in [6.45, 7) is 5.61. The van der Waals surface area contributed by atoms with Gasteiger partial charge in [-0.25, -0.2) is 4.99 Å². The van der Waals surface area contributed by atoms with Crippen molar-refractivity contribution in [2.24, 2.45) is 15.7 Å². The van der Waals surface area contributed by atoms with Crippen LogP contribution < -0.4 is 10.5 Å². The maximum Gasteiger partial charge on any atom is 0.327 e. The predicted octanol–water partition coefficient (Wildman–Crippen LogP) is 3.92. The molecule has 10 heteroatoms. The van der Waals surface area contributed by atoms with Crippen molar-refractivity contribution in [3.05, 3.63) is 70.3 Å². The van der Waals surface area contributed by atoms with Gasteiger partial charge in [0.15, 0.2) is 0 Å². The topological polar surface area (TPSA) is 136 Å². The molecule has 0 bridgehead atoms. The highest BCUT2D eigenvalue weighted by Gasteiger charge is 2.73. The molecular formula is C29H36N3O6P. The van der Waals surface area contributed by atoms with Gasteiger partial charge >= 0.3 is 7.60 Å². The van der Waals surface area contributed by atoms with E-state index in [9.17, 15) is 4.57 Å². The molecule has 1 aliphatic carbocycles. The lowest BCUT2D eigenvalue weighted by molar-refractivity contribution is 0.0402. The first-order chi connectivity index (χ1) is 18.6. The molecule has 2 aromatic rings. The number of benzene rings is 2. The van der Waals surface area contributed by atoms with Crippen molar-refractivity contribution in [1.29, 1.82) is 0 Å². The number of nitrogens with two attached hydrogens (primary N) is 1. The molecule has 2 aromatic carbocycles. The summed E-state index contributed by atoms with van der Waals surface area (Å²) in [5, 5.41) is 0. The molecule has 2 aliphatic heterocycles. The van der Waals surface area contributed by atoms with E-state index in [2.05, 4.69) is 44.2 Å². The summed E-state index contributed by atoms with van der Waals surface area (Å²) in [5.74, 6) is 1.41. The van der Waals surface area contributed by atoms with Gasteiger partial charge in [0, 0.05) is 6.21 Å². The van der Waals surface area contributed by atoms with E-state index in [0.717, 1.165) is 30.7 Å². The van der Waals surface area contributed by atoms with Crippen LogP contribution in [0.3, 0.4) is 0 Å². The van der Waals surface area contributed by atoms with Crippen LogP contribution in [-0.4, -0.2) is 66.6 Å². The fraction of sp³-hybridized carbons (Fsp3) is 0.448. The second-order valence-electron chi connectivity index (χ2n) is 10.6. The van der Waals surface area contributed by atoms with Gasteiger partial charge in [0.25, 0.3) is 0 Å². The lowest BCUT2D eigenvalue weighted by Gasteiger charge is -2.29. The number of hydrogen-bond donors (Lipinski definition) is 3. The van der Waals surface area contributed by atoms with E-state index < -0.39 is 13.1 Å². The molecule has 0 amide bonds. The molecule has 208 valence electrons. The quantitative estimate of drug-likeness (QED) is 0.253. The van der Waals surface area contributed by atoms with Crippen molar-refractivity contribution < 1.29 is 28.6 Å². The van der Waals surface area contributed by atoms with Gasteiger partial charge in [-0.15, -0.1) is 0 Å². The van der Waals surface area contributed by atoms with Crippen LogP contribution >= 0.6 is 7.60 Å². The number of nitrogens with zero attached hydrogens (tertiary/aromatic N) is 2. The molecule has 3 aliphatic rings. The Morgan fingerprint density at radius 2 is 1.77 bits per heavy atom. The zero-order valence-electron chi connectivity index (χ0n) is 22.4. The van der Waals surface area contributed by atoms with E-state index in [-0.39, 0.29) is 24.8 Å². The molecule has 0 aromatic heterocycles. The van der Waals surface area contributed by atoms with Gasteiger partial charge in [-0.3, -0.25) is 9.56 Å². The fourth-order valence-corrected chi connectivity index (χ4v) is 5.90. The molecule has 5 rings (SSSR count). The number of rotatable bonds is 13. The van der Waals surface area contributed by atoms with Gasteiger partial charge in [0.2, 0.25) is 0 Å². The summed E-state index contributed by atoms with van der Waals surface area (Å²) in [5.41, 5.74) is 12.9. The molecule has 0 spiro atoms. The van der Waals surface area contributed by atoms with Crippen LogP contribution in [0.4, 0.5) is 5.69 Å². The summed E-state index contributed by atoms with van der Waals surface area (Å²) < 4.78 is 27.2. The smallest absolute Gasteiger partial charge is 0.327 e. The normalized spacial score (nSPS) is 22.9. The number of aryl methyl sites for hydroxylation is 3. The van der Waals surface area contributed by atoms with Crippen LogP contribution in [0.1, 0.15) is 35.1 Å². The monoisotopic (exact) mass is 553 g/mol.